The summed E-state index contributed by atoms with van der Waals surface area (Å²) in [6.45, 7) is 2.44. The van der Waals surface area contributed by atoms with Crippen LogP contribution in [0.2, 0.25) is 0 Å². The first-order valence-electron chi connectivity index (χ1n) is 7.12. The summed E-state index contributed by atoms with van der Waals surface area (Å²) in [6, 6.07) is 3.90. The molecule has 0 spiro atoms. The van der Waals surface area contributed by atoms with Crippen LogP contribution in [0.5, 0.6) is 0 Å². The average Bonchev–Trinajstić information content (AvgIpc) is 2.79. The Bertz CT molecular complexity index is 669. The number of nitrogens with one attached hydrogen (secondary N) is 1. The summed E-state index contributed by atoms with van der Waals surface area (Å²) in [5.41, 5.74) is 2.99. The molecule has 0 aliphatic carbocycles. The second-order valence-corrected chi connectivity index (χ2v) is 6.02. The summed E-state index contributed by atoms with van der Waals surface area (Å²) in [4.78, 5) is 9.52. The third kappa shape index (κ3) is 3.13. The van der Waals surface area contributed by atoms with Crippen LogP contribution in [-0.2, 0) is 0 Å². The first-order valence-corrected chi connectivity index (χ1v) is 7.12. The van der Waals surface area contributed by atoms with Gasteiger partial charge in [0, 0.05) is 42.9 Å². The van der Waals surface area contributed by atoms with Gasteiger partial charge in [-0.2, -0.15) is 0 Å². The Hall–Kier alpha value is -1.75. The second-order valence-electron chi connectivity index (χ2n) is 6.02. The number of hydrogen-bond acceptors (Lipinski definition) is 2. The molecule has 1 unspecified atom stereocenters. The number of alkyl halides is 2. The van der Waals surface area contributed by atoms with Crippen molar-refractivity contribution in [3.8, 4) is 0 Å². The van der Waals surface area contributed by atoms with Crippen LogP contribution in [0.3, 0.4) is 0 Å². The zero-order chi connectivity index (χ0) is 15.0. The molecular weight excluding hydrogens is 272 g/mol. The Kier molecular flexibility index (Phi) is 3.53. The van der Waals surface area contributed by atoms with Gasteiger partial charge in [0.2, 0.25) is 5.92 Å². The van der Waals surface area contributed by atoms with Gasteiger partial charge in [0.1, 0.15) is 5.65 Å². The highest BCUT2D eigenvalue weighted by atomic mass is 19.3. The summed E-state index contributed by atoms with van der Waals surface area (Å²) >= 11 is 0. The van der Waals surface area contributed by atoms with Gasteiger partial charge < -0.3 is 9.88 Å². The minimum atomic E-state index is -2.63. The van der Waals surface area contributed by atoms with E-state index in [-0.39, 0.29) is 12.3 Å². The first-order chi connectivity index (χ1) is 9.92. The topological polar surface area (TPSA) is 31.9 Å². The molecule has 0 bridgehead atoms. The second kappa shape index (κ2) is 5.22. The van der Waals surface area contributed by atoms with E-state index in [0.717, 1.165) is 35.6 Å². The summed E-state index contributed by atoms with van der Waals surface area (Å²) < 4.78 is 26.6. The smallest absolute Gasteiger partial charge is 0.246 e. The van der Waals surface area contributed by atoms with Crippen molar-refractivity contribution >= 4 is 16.6 Å². The Morgan fingerprint density at radius 1 is 1.48 bits per heavy atom. The molecule has 2 aromatic heterocycles. The molecular formula is C16H19F2N3. The zero-order valence-corrected chi connectivity index (χ0v) is 12.2. The number of aromatic nitrogens is 2. The Morgan fingerprint density at radius 3 is 3.05 bits per heavy atom. The molecule has 0 amide bonds. The monoisotopic (exact) mass is 291 g/mol. The van der Waals surface area contributed by atoms with E-state index >= 15 is 0 Å². The molecule has 2 aromatic rings. The molecule has 0 saturated carbocycles. The fourth-order valence-electron chi connectivity index (χ4n) is 3.13. The zero-order valence-electron chi connectivity index (χ0n) is 12.2. The number of rotatable bonds is 3. The fraction of sp³-hybridized carbons (Fsp3) is 0.438. The molecule has 0 fully saturated rings. The number of pyridine rings is 1. The van der Waals surface area contributed by atoms with Gasteiger partial charge in [-0.3, -0.25) is 0 Å². The third-order valence-electron chi connectivity index (χ3n) is 3.84. The minimum Gasteiger partial charge on any atom is -0.346 e. The standard InChI is InChI=1S/C16H19F2N3/c1-16(17,18)7-11-6-12(10-21(2)9-11)14-8-20-15-13(14)4-3-5-19-15/h3-6,8,11H,7,9-10H2,1-2H3,(H,19,20). The highest BCUT2D eigenvalue weighted by Gasteiger charge is 2.29. The minimum absolute atomic E-state index is 0.110. The van der Waals surface area contributed by atoms with Gasteiger partial charge in [-0.05, 0) is 37.6 Å². The van der Waals surface area contributed by atoms with E-state index in [0.29, 0.717) is 6.54 Å². The molecule has 3 nitrogen and oxygen atoms in total. The number of aromatic amines is 1. The number of halogens is 2. The Balaban J connectivity index is 1.96. The van der Waals surface area contributed by atoms with E-state index < -0.39 is 5.92 Å². The number of nitrogens with zero attached hydrogens (tertiary/aromatic N) is 2. The summed E-state index contributed by atoms with van der Waals surface area (Å²) in [6.07, 6.45) is 5.56. The van der Waals surface area contributed by atoms with Gasteiger partial charge >= 0.3 is 0 Å². The Morgan fingerprint density at radius 2 is 2.29 bits per heavy atom. The van der Waals surface area contributed by atoms with Crippen molar-refractivity contribution in [1.82, 2.24) is 14.9 Å². The van der Waals surface area contributed by atoms with E-state index in [4.69, 9.17) is 0 Å². The predicted molar refractivity (Wildman–Crippen MR) is 80.3 cm³/mol. The summed E-state index contributed by atoms with van der Waals surface area (Å²) in [7, 11) is 1.97. The maximum Gasteiger partial charge on any atom is 0.246 e. The van der Waals surface area contributed by atoms with Crippen molar-refractivity contribution in [2.24, 2.45) is 5.92 Å². The molecule has 21 heavy (non-hydrogen) atoms. The molecule has 1 aliphatic rings. The molecule has 0 radical (unpaired) electrons. The molecule has 3 rings (SSSR count). The van der Waals surface area contributed by atoms with Crippen LogP contribution in [0.4, 0.5) is 8.78 Å². The maximum absolute atomic E-state index is 13.3. The van der Waals surface area contributed by atoms with E-state index in [9.17, 15) is 8.78 Å². The highest BCUT2D eigenvalue weighted by molar-refractivity contribution is 5.91. The van der Waals surface area contributed by atoms with Crippen molar-refractivity contribution in [1.29, 1.82) is 0 Å². The highest BCUT2D eigenvalue weighted by Crippen LogP contribution is 2.32. The quantitative estimate of drug-likeness (QED) is 0.937. The first kappa shape index (κ1) is 14.2. The maximum atomic E-state index is 13.3. The molecule has 1 atom stereocenters. The van der Waals surface area contributed by atoms with E-state index in [2.05, 4.69) is 14.9 Å². The SMILES string of the molecule is CN1CC(c2c[nH]c3ncccc23)=CC(CC(C)(F)F)C1. The van der Waals surface area contributed by atoms with Crippen molar-refractivity contribution in [3.05, 3.63) is 36.2 Å². The third-order valence-corrected chi connectivity index (χ3v) is 3.84. The molecule has 0 saturated heterocycles. The van der Waals surface area contributed by atoms with Crippen molar-refractivity contribution in [2.45, 2.75) is 19.3 Å². The van der Waals surface area contributed by atoms with Gasteiger partial charge in [0.15, 0.2) is 0 Å². The van der Waals surface area contributed by atoms with Crippen LogP contribution in [0, 0.1) is 5.92 Å². The van der Waals surface area contributed by atoms with Gasteiger partial charge in [-0.1, -0.05) is 6.08 Å². The Labute approximate surface area is 122 Å². The number of hydrogen-bond donors (Lipinski definition) is 1. The fourth-order valence-corrected chi connectivity index (χ4v) is 3.13. The van der Waals surface area contributed by atoms with Crippen molar-refractivity contribution < 1.29 is 8.78 Å². The normalized spacial score (nSPS) is 20.8. The van der Waals surface area contributed by atoms with Crippen molar-refractivity contribution in [2.75, 3.05) is 20.1 Å². The van der Waals surface area contributed by atoms with Gasteiger partial charge in [-0.25, -0.2) is 13.8 Å². The molecule has 112 valence electrons. The molecule has 0 aromatic carbocycles. The van der Waals surface area contributed by atoms with Crippen LogP contribution in [0.25, 0.3) is 16.6 Å². The van der Waals surface area contributed by atoms with Crippen LogP contribution < -0.4 is 0 Å². The van der Waals surface area contributed by atoms with Crippen LogP contribution in [-0.4, -0.2) is 40.9 Å². The lowest BCUT2D eigenvalue weighted by atomic mass is 9.91. The number of likely N-dealkylation sites (N-methyl/N-ethyl adjacent to an activating group) is 1. The van der Waals surface area contributed by atoms with Gasteiger partial charge in [-0.15, -0.1) is 0 Å². The average molecular weight is 291 g/mol. The molecule has 3 heterocycles. The lowest BCUT2D eigenvalue weighted by molar-refractivity contribution is -0.00135. The van der Waals surface area contributed by atoms with Crippen molar-refractivity contribution in [3.63, 3.8) is 0 Å². The largest absolute Gasteiger partial charge is 0.346 e. The lowest BCUT2D eigenvalue weighted by Crippen LogP contribution is -2.33. The summed E-state index contributed by atoms with van der Waals surface area (Å²) in [5.74, 6) is -2.76. The lowest BCUT2D eigenvalue weighted by Gasteiger charge is -2.30. The molecule has 1 N–H and O–H groups in total. The number of fused-ring (bicyclic) bond motifs is 1. The van der Waals surface area contributed by atoms with Crippen LogP contribution in [0.15, 0.2) is 30.6 Å². The van der Waals surface area contributed by atoms with E-state index in [1.807, 2.05) is 31.5 Å². The predicted octanol–water partition coefficient (Wildman–Crippen LogP) is 3.55. The van der Waals surface area contributed by atoms with Crippen LogP contribution >= 0.6 is 0 Å². The van der Waals surface area contributed by atoms with Crippen LogP contribution in [0.1, 0.15) is 18.9 Å². The molecule has 1 aliphatic heterocycles. The van der Waals surface area contributed by atoms with Gasteiger partial charge in [0.25, 0.3) is 0 Å². The number of H-pyrrole nitrogens is 1. The van der Waals surface area contributed by atoms with Gasteiger partial charge in [0.05, 0.1) is 0 Å². The molecule has 5 heteroatoms. The van der Waals surface area contributed by atoms with E-state index in [1.54, 1.807) is 6.20 Å². The van der Waals surface area contributed by atoms with E-state index in [1.165, 1.54) is 0 Å². The summed E-state index contributed by atoms with van der Waals surface area (Å²) in [5, 5.41) is 1.04.